The summed E-state index contributed by atoms with van der Waals surface area (Å²) in [5.41, 5.74) is 2.52. The minimum Gasteiger partial charge on any atom is -0.497 e. The van der Waals surface area contributed by atoms with Crippen LogP contribution in [0, 0.1) is 0 Å². The van der Waals surface area contributed by atoms with Gasteiger partial charge in [0.2, 0.25) is 0 Å². The van der Waals surface area contributed by atoms with Gasteiger partial charge in [0.25, 0.3) is 5.91 Å². The van der Waals surface area contributed by atoms with Crippen molar-refractivity contribution in [3.05, 3.63) is 63.1 Å². The molecule has 0 saturated heterocycles. The van der Waals surface area contributed by atoms with Crippen LogP contribution in [0.2, 0.25) is 10.0 Å². The number of rotatable bonds is 6. The number of urea groups is 1. The summed E-state index contributed by atoms with van der Waals surface area (Å²) in [7, 11) is 1.57. The van der Waals surface area contributed by atoms with Gasteiger partial charge in [-0.25, -0.2) is 4.79 Å². The van der Waals surface area contributed by atoms with E-state index in [-0.39, 0.29) is 18.0 Å². The molecule has 2 aromatic carbocycles. The highest BCUT2D eigenvalue weighted by Crippen LogP contribution is 2.38. The molecule has 3 rings (SSSR count). The Labute approximate surface area is 173 Å². The van der Waals surface area contributed by atoms with Gasteiger partial charge in [-0.2, -0.15) is 0 Å². The minimum atomic E-state index is -0.289. The van der Waals surface area contributed by atoms with Gasteiger partial charge >= 0.3 is 6.03 Å². The van der Waals surface area contributed by atoms with E-state index < -0.39 is 0 Å². The lowest BCUT2D eigenvalue weighted by Crippen LogP contribution is -2.41. The predicted octanol–water partition coefficient (Wildman–Crippen LogP) is 3.72. The highest BCUT2D eigenvalue weighted by atomic mass is 35.5. The summed E-state index contributed by atoms with van der Waals surface area (Å²) in [4.78, 5) is 24.2. The van der Waals surface area contributed by atoms with E-state index in [1.807, 2.05) is 6.07 Å². The first-order valence-corrected chi connectivity index (χ1v) is 9.68. The number of carbonyl (C=O) groups is 2. The molecule has 0 heterocycles. The standard InChI is InChI=1S/C20H21Cl2N3O3/c1-28-13-4-2-12(3-5-13)19(26)23-10-11-24-20(27)25-17-9-7-15-14(17)6-8-16(21)18(15)22/h2-6,8,17H,7,9-11H2,1H3,(H,23,26)(H2,24,25,27). The number of halogens is 2. The average Bonchev–Trinajstić information content (AvgIpc) is 3.11. The highest BCUT2D eigenvalue weighted by Gasteiger charge is 2.26. The van der Waals surface area contributed by atoms with Gasteiger partial charge in [0.1, 0.15) is 5.75 Å². The van der Waals surface area contributed by atoms with Crippen molar-refractivity contribution in [3.63, 3.8) is 0 Å². The second-order valence-corrected chi connectivity index (χ2v) is 7.19. The molecule has 0 saturated carbocycles. The Morgan fingerprint density at radius 1 is 1.07 bits per heavy atom. The van der Waals surface area contributed by atoms with E-state index in [0.717, 1.165) is 24.0 Å². The maximum Gasteiger partial charge on any atom is 0.315 e. The summed E-state index contributed by atoms with van der Waals surface area (Å²) >= 11 is 12.3. The molecule has 6 nitrogen and oxygen atoms in total. The van der Waals surface area contributed by atoms with Gasteiger partial charge in [0.15, 0.2) is 0 Å². The van der Waals surface area contributed by atoms with E-state index in [9.17, 15) is 9.59 Å². The van der Waals surface area contributed by atoms with E-state index in [1.54, 1.807) is 37.4 Å². The Morgan fingerprint density at radius 2 is 1.79 bits per heavy atom. The largest absolute Gasteiger partial charge is 0.497 e. The molecule has 1 atom stereocenters. The monoisotopic (exact) mass is 421 g/mol. The first kappa shape index (κ1) is 20.3. The molecule has 1 unspecified atom stereocenters. The van der Waals surface area contributed by atoms with E-state index in [4.69, 9.17) is 27.9 Å². The zero-order chi connectivity index (χ0) is 20.1. The van der Waals surface area contributed by atoms with E-state index >= 15 is 0 Å². The fourth-order valence-electron chi connectivity index (χ4n) is 3.19. The van der Waals surface area contributed by atoms with Crippen LogP contribution in [0.25, 0.3) is 0 Å². The molecule has 1 aliphatic rings. The molecule has 28 heavy (non-hydrogen) atoms. The molecular weight excluding hydrogens is 401 g/mol. The molecule has 3 N–H and O–H groups in total. The Kier molecular flexibility index (Phi) is 6.65. The number of benzene rings is 2. The van der Waals surface area contributed by atoms with Crippen LogP contribution < -0.4 is 20.7 Å². The molecule has 0 aromatic heterocycles. The topological polar surface area (TPSA) is 79.5 Å². The molecule has 0 radical (unpaired) electrons. The highest BCUT2D eigenvalue weighted by molar-refractivity contribution is 6.42. The SMILES string of the molecule is COc1ccc(C(=O)NCCNC(=O)NC2CCc3c2ccc(Cl)c3Cl)cc1. The predicted molar refractivity (Wildman–Crippen MR) is 109 cm³/mol. The van der Waals surface area contributed by atoms with E-state index in [0.29, 0.717) is 34.4 Å². The molecule has 3 amide bonds. The third-order valence-corrected chi connectivity index (χ3v) is 5.49. The maximum atomic E-state index is 12.1. The second-order valence-electron chi connectivity index (χ2n) is 6.41. The van der Waals surface area contributed by atoms with Gasteiger partial charge in [0.05, 0.1) is 23.2 Å². The minimum absolute atomic E-state index is 0.0985. The molecular formula is C20H21Cl2N3O3. The number of methoxy groups -OCH3 is 1. The molecule has 0 fully saturated rings. The quantitative estimate of drug-likeness (QED) is 0.621. The maximum absolute atomic E-state index is 12.1. The second kappa shape index (κ2) is 9.17. The molecule has 0 aliphatic heterocycles. The van der Waals surface area contributed by atoms with Crippen LogP contribution in [0.5, 0.6) is 5.75 Å². The van der Waals surface area contributed by atoms with Gasteiger partial charge in [0, 0.05) is 18.7 Å². The van der Waals surface area contributed by atoms with Gasteiger partial charge < -0.3 is 20.7 Å². The van der Waals surface area contributed by atoms with Crippen LogP contribution in [0.4, 0.5) is 4.79 Å². The smallest absolute Gasteiger partial charge is 0.315 e. The van der Waals surface area contributed by atoms with Crippen LogP contribution in [0.3, 0.4) is 0 Å². The van der Waals surface area contributed by atoms with Crippen molar-refractivity contribution in [1.82, 2.24) is 16.0 Å². The normalized spacial score (nSPS) is 14.9. The fourth-order valence-corrected chi connectivity index (χ4v) is 3.63. The lowest BCUT2D eigenvalue weighted by atomic mass is 10.1. The average molecular weight is 422 g/mol. The number of amides is 3. The van der Waals surface area contributed by atoms with Crippen molar-refractivity contribution in [2.75, 3.05) is 20.2 Å². The van der Waals surface area contributed by atoms with Crippen molar-refractivity contribution in [1.29, 1.82) is 0 Å². The van der Waals surface area contributed by atoms with Gasteiger partial charge in [-0.3, -0.25) is 4.79 Å². The van der Waals surface area contributed by atoms with Crippen LogP contribution in [-0.4, -0.2) is 32.1 Å². The van der Waals surface area contributed by atoms with Crippen molar-refractivity contribution in [2.45, 2.75) is 18.9 Å². The fraction of sp³-hybridized carbons (Fsp3) is 0.300. The summed E-state index contributed by atoms with van der Waals surface area (Å²) in [6, 6.07) is 10.1. The number of fused-ring (bicyclic) bond motifs is 1. The number of nitrogens with one attached hydrogen (secondary N) is 3. The summed E-state index contributed by atoms with van der Waals surface area (Å²) in [5, 5.41) is 9.53. The summed E-state index contributed by atoms with van der Waals surface area (Å²) in [6.07, 6.45) is 1.55. The van der Waals surface area contributed by atoms with Crippen molar-refractivity contribution in [3.8, 4) is 5.75 Å². The van der Waals surface area contributed by atoms with E-state index in [1.165, 1.54) is 0 Å². The van der Waals surface area contributed by atoms with Crippen LogP contribution >= 0.6 is 23.2 Å². The number of ether oxygens (including phenoxy) is 1. The van der Waals surface area contributed by atoms with E-state index in [2.05, 4.69) is 16.0 Å². The lowest BCUT2D eigenvalue weighted by Gasteiger charge is -2.15. The number of hydrogen-bond acceptors (Lipinski definition) is 3. The molecule has 0 spiro atoms. The van der Waals surface area contributed by atoms with Crippen LogP contribution in [0.15, 0.2) is 36.4 Å². The number of hydrogen-bond donors (Lipinski definition) is 3. The summed E-state index contributed by atoms with van der Waals surface area (Å²) in [6.45, 7) is 0.635. The zero-order valence-electron chi connectivity index (χ0n) is 15.4. The molecule has 1 aliphatic carbocycles. The first-order valence-electron chi connectivity index (χ1n) is 8.93. The Hall–Kier alpha value is -2.44. The molecule has 148 valence electrons. The molecule has 0 bridgehead atoms. The third kappa shape index (κ3) is 4.69. The Balaban J connectivity index is 1.42. The number of carbonyl (C=O) groups excluding carboxylic acids is 2. The molecule has 2 aromatic rings. The van der Waals surface area contributed by atoms with Gasteiger partial charge in [-0.05, 0) is 54.3 Å². The Bertz CT molecular complexity index is 872. The van der Waals surface area contributed by atoms with Gasteiger partial charge in [-0.15, -0.1) is 0 Å². The summed E-state index contributed by atoms with van der Waals surface area (Å²) < 4.78 is 5.06. The van der Waals surface area contributed by atoms with Crippen LogP contribution in [0.1, 0.15) is 33.9 Å². The van der Waals surface area contributed by atoms with Crippen molar-refractivity contribution in [2.24, 2.45) is 0 Å². The van der Waals surface area contributed by atoms with Crippen molar-refractivity contribution >= 4 is 35.1 Å². The van der Waals surface area contributed by atoms with Gasteiger partial charge in [-0.1, -0.05) is 29.3 Å². The van der Waals surface area contributed by atoms with Crippen LogP contribution in [-0.2, 0) is 6.42 Å². The lowest BCUT2D eigenvalue weighted by molar-refractivity contribution is 0.0953. The first-order chi connectivity index (χ1) is 13.5. The Morgan fingerprint density at radius 3 is 2.50 bits per heavy atom. The third-order valence-electron chi connectivity index (χ3n) is 4.64. The zero-order valence-corrected chi connectivity index (χ0v) is 16.9. The molecule has 8 heteroatoms. The summed E-state index contributed by atoms with van der Waals surface area (Å²) in [5.74, 6) is 0.480. The van der Waals surface area contributed by atoms with Crippen molar-refractivity contribution < 1.29 is 14.3 Å².